The molecule has 0 aliphatic carbocycles. The summed E-state index contributed by atoms with van der Waals surface area (Å²) in [5, 5.41) is 8.56. The second-order valence-electron chi connectivity index (χ2n) is 7.27. The number of carbonyl (C=O) groups excluding carboxylic acids is 1. The Hall–Kier alpha value is -3.06. The number of quaternary nitrogens is 1. The van der Waals surface area contributed by atoms with E-state index in [2.05, 4.69) is 34.6 Å². The van der Waals surface area contributed by atoms with Crippen molar-refractivity contribution in [1.82, 2.24) is 19.9 Å². The molecular formula is C21H24N5O2+. The zero-order chi connectivity index (χ0) is 19.5. The largest absolute Gasteiger partial charge is 0.330 e. The van der Waals surface area contributed by atoms with Gasteiger partial charge in [-0.25, -0.2) is 0 Å². The fraction of sp³-hybridized carbons (Fsp3) is 0.333. The average molecular weight is 378 g/mol. The predicted octanol–water partition coefficient (Wildman–Crippen LogP) is 0.280. The molecule has 7 heteroatoms. The van der Waals surface area contributed by atoms with Gasteiger partial charge in [-0.3, -0.25) is 9.59 Å². The van der Waals surface area contributed by atoms with Crippen molar-refractivity contribution in [3.63, 3.8) is 0 Å². The van der Waals surface area contributed by atoms with E-state index >= 15 is 0 Å². The highest BCUT2D eigenvalue weighted by molar-refractivity contribution is 5.81. The third kappa shape index (κ3) is 3.66. The van der Waals surface area contributed by atoms with Crippen molar-refractivity contribution in [2.75, 3.05) is 26.2 Å². The molecule has 28 heavy (non-hydrogen) atoms. The van der Waals surface area contributed by atoms with Gasteiger partial charge in [-0.15, -0.1) is 5.10 Å². The van der Waals surface area contributed by atoms with E-state index in [0.717, 1.165) is 19.6 Å². The van der Waals surface area contributed by atoms with Gasteiger partial charge in [-0.1, -0.05) is 47.7 Å². The van der Waals surface area contributed by atoms with Gasteiger partial charge in [0.15, 0.2) is 0 Å². The molecule has 3 aromatic rings. The lowest BCUT2D eigenvalue weighted by molar-refractivity contribution is -0.917. The standard InChI is InChI=1S/C21H23N5O2/c1-16(26-21(28)18-9-5-6-10-19(18)22-23-26)20(27)25-13-11-24(12-14-25)15-17-7-3-2-4-8-17/h2-10,16H,11-15H2,1H3/p+1/t16-/m0/s1. The number of hydrogen-bond donors (Lipinski definition) is 1. The van der Waals surface area contributed by atoms with Crippen LogP contribution < -0.4 is 10.5 Å². The van der Waals surface area contributed by atoms with Crippen molar-refractivity contribution in [3.8, 4) is 0 Å². The number of rotatable bonds is 4. The Labute approximate surface area is 163 Å². The molecular weight excluding hydrogens is 354 g/mol. The van der Waals surface area contributed by atoms with Gasteiger partial charge in [0.25, 0.3) is 5.56 Å². The lowest BCUT2D eigenvalue weighted by atomic mass is 10.2. The van der Waals surface area contributed by atoms with Gasteiger partial charge in [0.1, 0.15) is 18.1 Å². The second-order valence-corrected chi connectivity index (χ2v) is 7.27. The first kappa shape index (κ1) is 18.3. The van der Waals surface area contributed by atoms with Gasteiger partial charge in [0, 0.05) is 5.56 Å². The number of nitrogens with one attached hydrogen (secondary N) is 1. The summed E-state index contributed by atoms with van der Waals surface area (Å²) >= 11 is 0. The summed E-state index contributed by atoms with van der Waals surface area (Å²) in [6.07, 6.45) is 0. The van der Waals surface area contributed by atoms with Crippen molar-refractivity contribution in [1.29, 1.82) is 0 Å². The smallest absolute Gasteiger partial charge is 0.278 e. The Morgan fingerprint density at radius 1 is 1.07 bits per heavy atom. The van der Waals surface area contributed by atoms with Crippen LogP contribution in [0.3, 0.4) is 0 Å². The van der Waals surface area contributed by atoms with Crippen LogP contribution in [-0.2, 0) is 11.3 Å². The molecule has 0 unspecified atom stereocenters. The van der Waals surface area contributed by atoms with Crippen LogP contribution in [0.5, 0.6) is 0 Å². The van der Waals surface area contributed by atoms with E-state index in [0.29, 0.717) is 24.0 Å². The number of nitrogens with zero attached hydrogens (tertiary/aromatic N) is 4. The first-order valence-electron chi connectivity index (χ1n) is 9.64. The summed E-state index contributed by atoms with van der Waals surface area (Å²) < 4.78 is 1.20. The fourth-order valence-electron chi connectivity index (χ4n) is 3.73. The predicted molar refractivity (Wildman–Crippen MR) is 106 cm³/mol. The van der Waals surface area contributed by atoms with E-state index in [1.54, 1.807) is 25.1 Å². The highest BCUT2D eigenvalue weighted by Gasteiger charge is 2.29. The topological polar surface area (TPSA) is 72.5 Å². The molecule has 2 heterocycles. The van der Waals surface area contributed by atoms with E-state index in [1.807, 2.05) is 17.0 Å². The summed E-state index contributed by atoms with van der Waals surface area (Å²) in [4.78, 5) is 28.9. The maximum absolute atomic E-state index is 12.9. The SMILES string of the molecule is C[C@@H](C(=O)N1CC[NH+](Cc2ccccc2)CC1)n1nnc2ccccc2c1=O. The highest BCUT2D eigenvalue weighted by atomic mass is 16.2. The monoisotopic (exact) mass is 378 g/mol. The highest BCUT2D eigenvalue weighted by Crippen LogP contribution is 2.10. The van der Waals surface area contributed by atoms with Gasteiger partial charge in [0.05, 0.1) is 31.6 Å². The molecule has 1 fully saturated rings. The van der Waals surface area contributed by atoms with Crippen LogP contribution in [0.1, 0.15) is 18.5 Å². The summed E-state index contributed by atoms with van der Waals surface area (Å²) in [6, 6.07) is 16.8. The minimum Gasteiger partial charge on any atom is -0.330 e. The minimum atomic E-state index is -0.666. The van der Waals surface area contributed by atoms with E-state index in [1.165, 1.54) is 15.1 Å². The van der Waals surface area contributed by atoms with Crippen LogP contribution in [0.25, 0.3) is 10.9 Å². The molecule has 1 aliphatic rings. The van der Waals surface area contributed by atoms with Gasteiger partial charge < -0.3 is 9.80 Å². The van der Waals surface area contributed by atoms with Gasteiger partial charge in [-0.05, 0) is 19.1 Å². The number of benzene rings is 2. The molecule has 1 aromatic heterocycles. The maximum Gasteiger partial charge on any atom is 0.278 e. The quantitative estimate of drug-likeness (QED) is 0.708. The molecule has 1 amide bonds. The number of carbonyl (C=O) groups is 1. The summed E-state index contributed by atoms with van der Waals surface area (Å²) in [6.45, 7) is 5.84. The molecule has 1 N–H and O–H groups in total. The number of amides is 1. The Morgan fingerprint density at radius 2 is 1.75 bits per heavy atom. The Morgan fingerprint density at radius 3 is 2.50 bits per heavy atom. The van der Waals surface area contributed by atoms with Crippen molar-refractivity contribution in [2.24, 2.45) is 0 Å². The number of hydrogen-bond acceptors (Lipinski definition) is 4. The van der Waals surface area contributed by atoms with Gasteiger partial charge in [-0.2, -0.15) is 4.68 Å². The van der Waals surface area contributed by atoms with E-state index in [-0.39, 0.29) is 11.5 Å². The Bertz CT molecular complexity index is 1030. The lowest BCUT2D eigenvalue weighted by Gasteiger charge is -2.33. The minimum absolute atomic E-state index is 0.0783. The first-order valence-corrected chi connectivity index (χ1v) is 9.64. The lowest BCUT2D eigenvalue weighted by Crippen LogP contribution is -3.13. The molecule has 144 valence electrons. The van der Waals surface area contributed by atoms with Crippen LogP contribution in [0.2, 0.25) is 0 Å². The van der Waals surface area contributed by atoms with Gasteiger partial charge in [0.2, 0.25) is 5.91 Å². The molecule has 1 atom stereocenters. The molecule has 0 spiro atoms. The molecule has 4 rings (SSSR count). The Kier molecular flexibility index (Phi) is 5.16. The summed E-state index contributed by atoms with van der Waals surface area (Å²) in [7, 11) is 0. The fourth-order valence-corrected chi connectivity index (χ4v) is 3.73. The normalized spacial score (nSPS) is 16.2. The molecule has 1 saturated heterocycles. The second kappa shape index (κ2) is 7.90. The van der Waals surface area contributed by atoms with Crippen LogP contribution in [0.4, 0.5) is 0 Å². The molecule has 7 nitrogen and oxygen atoms in total. The molecule has 0 radical (unpaired) electrons. The maximum atomic E-state index is 12.9. The van der Waals surface area contributed by atoms with Crippen molar-refractivity contribution < 1.29 is 9.69 Å². The van der Waals surface area contributed by atoms with Crippen molar-refractivity contribution in [3.05, 3.63) is 70.5 Å². The van der Waals surface area contributed by atoms with E-state index in [9.17, 15) is 9.59 Å². The van der Waals surface area contributed by atoms with Gasteiger partial charge >= 0.3 is 0 Å². The molecule has 2 aromatic carbocycles. The van der Waals surface area contributed by atoms with Crippen LogP contribution in [-0.4, -0.2) is 52.0 Å². The third-order valence-corrected chi connectivity index (χ3v) is 5.39. The van der Waals surface area contributed by atoms with Crippen LogP contribution >= 0.6 is 0 Å². The zero-order valence-electron chi connectivity index (χ0n) is 15.9. The number of piperazine rings is 1. The zero-order valence-corrected chi connectivity index (χ0v) is 15.9. The van der Waals surface area contributed by atoms with Crippen molar-refractivity contribution >= 4 is 16.8 Å². The van der Waals surface area contributed by atoms with E-state index in [4.69, 9.17) is 0 Å². The third-order valence-electron chi connectivity index (χ3n) is 5.39. The van der Waals surface area contributed by atoms with Crippen LogP contribution in [0.15, 0.2) is 59.4 Å². The van der Waals surface area contributed by atoms with Crippen molar-refractivity contribution in [2.45, 2.75) is 19.5 Å². The number of aromatic nitrogens is 3. The average Bonchev–Trinajstić information content (AvgIpc) is 2.74. The number of fused-ring (bicyclic) bond motifs is 1. The van der Waals surface area contributed by atoms with E-state index < -0.39 is 6.04 Å². The van der Waals surface area contributed by atoms with Crippen LogP contribution in [0, 0.1) is 0 Å². The Balaban J connectivity index is 1.43. The summed E-state index contributed by atoms with van der Waals surface area (Å²) in [5.41, 5.74) is 1.57. The molecule has 1 aliphatic heterocycles. The summed E-state index contributed by atoms with van der Waals surface area (Å²) in [5.74, 6) is -0.0783. The molecule has 0 saturated carbocycles. The molecule has 0 bridgehead atoms. The first-order chi connectivity index (χ1) is 13.6.